The highest BCUT2D eigenvalue weighted by Gasteiger charge is 2.11. The van der Waals surface area contributed by atoms with Crippen LogP contribution in [0.3, 0.4) is 0 Å². The van der Waals surface area contributed by atoms with Gasteiger partial charge in [0.2, 0.25) is 0 Å². The number of pyridine rings is 1. The molecule has 66 valence electrons. The second kappa shape index (κ2) is 2.45. The Bertz CT molecular complexity index is 611. The molecule has 3 rings (SSSR count). The number of nitrogens with zero attached hydrogens (tertiary/aromatic N) is 3. The Hall–Kier alpha value is -2.10. The molecule has 1 aliphatic heterocycles. The zero-order valence-electron chi connectivity index (χ0n) is 7.14. The van der Waals surface area contributed by atoms with Crippen molar-refractivity contribution in [2.45, 2.75) is 0 Å². The average molecular weight is 183 g/mol. The highest BCUT2D eigenvalue weighted by molar-refractivity contribution is 6.06. The molecule has 0 fully saturated rings. The van der Waals surface area contributed by atoms with E-state index in [9.17, 15) is 4.79 Å². The molecular weight excluding hydrogens is 178 g/mol. The number of rotatable bonds is 0. The summed E-state index contributed by atoms with van der Waals surface area (Å²) in [6.07, 6.45) is 6.62. The SMILES string of the molecule is O=C1C=CC=c2nc3c(cc21)=NN=C3. The fourth-order valence-corrected chi connectivity index (χ4v) is 1.49. The van der Waals surface area contributed by atoms with E-state index in [2.05, 4.69) is 15.2 Å². The Kier molecular flexibility index (Phi) is 1.28. The van der Waals surface area contributed by atoms with Gasteiger partial charge in [0.15, 0.2) is 5.78 Å². The first-order valence-corrected chi connectivity index (χ1v) is 4.19. The van der Waals surface area contributed by atoms with Crippen molar-refractivity contribution in [3.8, 4) is 0 Å². The molecule has 0 saturated carbocycles. The molecule has 0 spiro atoms. The smallest absolute Gasteiger partial charge is 0.188 e. The third-order valence-corrected chi connectivity index (χ3v) is 2.17. The summed E-state index contributed by atoms with van der Waals surface area (Å²) in [4.78, 5) is 15.7. The lowest BCUT2D eigenvalue weighted by molar-refractivity contribution is 0.104. The number of allylic oxidation sites excluding steroid dienone is 2. The van der Waals surface area contributed by atoms with E-state index in [-0.39, 0.29) is 5.78 Å². The third-order valence-electron chi connectivity index (χ3n) is 2.17. The summed E-state index contributed by atoms with van der Waals surface area (Å²) in [5.41, 5.74) is 1.32. The van der Waals surface area contributed by atoms with Crippen molar-refractivity contribution in [1.82, 2.24) is 4.98 Å². The van der Waals surface area contributed by atoms with E-state index in [1.165, 1.54) is 6.08 Å². The molecular formula is C10H5N3O. The van der Waals surface area contributed by atoms with Gasteiger partial charge in [-0.05, 0) is 18.2 Å². The minimum absolute atomic E-state index is 0.0279. The molecule has 4 heteroatoms. The first-order valence-electron chi connectivity index (χ1n) is 4.19. The molecule has 1 aromatic heterocycles. The van der Waals surface area contributed by atoms with Crippen LogP contribution in [-0.2, 0) is 0 Å². The van der Waals surface area contributed by atoms with Crippen LogP contribution in [0.2, 0.25) is 0 Å². The first-order chi connectivity index (χ1) is 6.84. The lowest BCUT2D eigenvalue weighted by Gasteiger charge is -2.00. The van der Waals surface area contributed by atoms with Crippen LogP contribution in [0.4, 0.5) is 0 Å². The Balaban J connectivity index is 2.45. The molecule has 14 heavy (non-hydrogen) atoms. The predicted molar refractivity (Wildman–Crippen MR) is 50.5 cm³/mol. The van der Waals surface area contributed by atoms with Gasteiger partial charge in [-0.2, -0.15) is 5.10 Å². The van der Waals surface area contributed by atoms with Crippen LogP contribution in [0.25, 0.3) is 6.08 Å². The molecule has 0 amide bonds. The summed E-state index contributed by atoms with van der Waals surface area (Å²) >= 11 is 0. The van der Waals surface area contributed by atoms with Gasteiger partial charge >= 0.3 is 0 Å². The summed E-state index contributed by atoms with van der Waals surface area (Å²) in [5.74, 6) is -0.0279. The number of hydrogen-bond acceptors (Lipinski definition) is 4. The number of carbonyl (C=O) groups is 1. The van der Waals surface area contributed by atoms with Gasteiger partial charge in [0.25, 0.3) is 0 Å². The lowest BCUT2D eigenvalue weighted by Crippen LogP contribution is -2.26. The predicted octanol–water partition coefficient (Wildman–Crippen LogP) is -0.418. The van der Waals surface area contributed by atoms with E-state index in [0.29, 0.717) is 16.3 Å². The zero-order valence-corrected chi connectivity index (χ0v) is 7.14. The standard InChI is InChI=1S/C10H5N3O/c14-10-3-1-2-7-6(10)4-8-9(12-7)5-11-13-8/h1-5H. The van der Waals surface area contributed by atoms with Crippen LogP contribution in [0.5, 0.6) is 0 Å². The number of fused-ring (bicyclic) bond motifs is 2. The summed E-state index contributed by atoms with van der Waals surface area (Å²) in [7, 11) is 0. The number of ketones is 1. The van der Waals surface area contributed by atoms with E-state index >= 15 is 0 Å². The minimum atomic E-state index is -0.0279. The second-order valence-corrected chi connectivity index (χ2v) is 3.06. The molecule has 4 nitrogen and oxygen atoms in total. The van der Waals surface area contributed by atoms with Crippen LogP contribution in [-0.4, -0.2) is 17.0 Å². The number of hydrogen-bond donors (Lipinski definition) is 0. The fourth-order valence-electron chi connectivity index (χ4n) is 1.49. The van der Waals surface area contributed by atoms with E-state index in [0.717, 1.165) is 5.69 Å². The Morgan fingerprint density at radius 2 is 2.21 bits per heavy atom. The van der Waals surface area contributed by atoms with Gasteiger partial charge in [-0.1, -0.05) is 6.08 Å². The van der Waals surface area contributed by atoms with Crippen molar-refractivity contribution in [3.63, 3.8) is 0 Å². The molecule has 0 atom stereocenters. The molecule has 0 bridgehead atoms. The molecule has 2 aliphatic rings. The average Bonchev–Trinajstić information content (AvgIpc) is 2.62. The van der Waals surface area contributed by atoms with Gasteiger partial charge in [0.05, 0.1) is 11.6 Å². The second-order valence-electron chi connectivity index (χ2n) is 3.06. The zero-order chi connectivity index (χ0) is 9.54. The third kappa shape index (κ3) is 0.877. The normalized spacial score (nSPS) is 15.9. The van der Waals surface area contributed by atoms with Crippen molar-refractivity contribution in [2.24, 2.45) is 10.2 Å². The van der Waals surface area contributed by atoms with Crippen LogP contribution < -0.4 is 10.7 Å². The van der Waals surface area contributed by atoms with Gasteiger partial charge in [-0.25, -0.2) is 4.98 Å². The summed E-state index contributed by atoms with van der Waals surface area (Å²) in [6, 6.07) is 1.73. The molecule has 2 heterocycles. The number of aromatic nitrogens is 1. The molecule has 0 N–H and O–H groups in total. The largest absolute Gasteiger partial charge is 0.289 e. The molecule has 1 aliphatic carbocycles. The summed E-state index contributed by atoms with van der Waals surface area (Å²) < 4.78 is 0. The Morgan fingerprint density at radius 3 is 3.14 bits per heavy atom. The summed E-state index contributed by atoms with van der Waals surface area (Å²) in [6.45, 7) is 0. The highest BCUT2D eigenvalue weighted by Crippen LogP contribution is 1.99. The van der Waals surface area contributed by atoms with Gasteiger partial charge in [0.1, 0.15) is 11.1 Å². The fraction of sp³-hybridized carbons (Fsp3) is 0. The maximum atomic E-state index is 11.5. The van der Waals surface area contributed by atoms with Gasteiger partial charge in [-0.15, -0.1) is 5.10 Å². The minimum Gasteiger partial charge on any atom is -0.289 e. The van der Waals surface area contributed by atoms with Crippen molar-refractivity contribution in [1.29, 1.82) is 0 Å². The number of carbonyl (C=O) groups excluding carboxylic acids is 1. The van der Waals surface area contributed by atoms with Crippen LogP contribution in [0.1, 0.15) is 16.1 Å². The summed E-state index contributed by atoms with van der Waals surface area (Å²) in [5, 5.41) is 8.96. The van der Waals surface area contributed by atoms with Crippen LogP contribution in [0.15, 0.2) is 28.4 Å². The van der Waals surface area contributed by atoms with Gasteiger partial charge in [0, 0.05) is 5.56 Å². The van der Waals surface area contributed by atoms with Crippen molar-refractivity contribution >= 4 is 18.1 Å². The van der Waals surface area contributed by atoms with Gasteiger partial charge in [-0.3, -0.25) is 4.79 Å². The van der Waals surface area contributed by atoms with Gasteiger partial charge < -0.3 is 0 Å². The van der Waals surface area contributed by atoms with E-state index < -0.39 is 0 Å². The maximum absolute atomic E-state index is 11.5. The molecule has 0 radical (unpaired) electrons. The van der Waals surface area contributed by atoms with E-state index in [4.69, 9.17) is 0 Å². The molecule has 0 aromatic carbocycles. The molecule has 0 saturated heterocycles. The monoisotopic (exact) mass is 183 g/mol. The van der Waals surface area contributed by atoms with Crippen LogP contribution in [0, 0.1) is 0 Å². The highest BCUT2D eigenvalue weighted by atomic mass is 16.1. The maximum Gasteiger partial charge on any atom is 0.188 e. The van der Waals surface area contributed by atoms with Crippen LogP contribution >= 0.6 is 0 Å². The topological polar surface area (TPSA) is 54.7 Å². The van der Waals surface area contributed by atoms with E-state index in [1.54, 1.807) is 18.4 Å². The Labute approximate surface area is 79.0 Å². The lowest BCUT2D eigenvalue weighted by atomic mass is 10.1. The van der Waals surface area contributed by atoms with Crippen molar-refractivity contribution in [3.05, 3.63) is 40.2 Å². The molecule has 1 aromatic rings. The quantitative estimate of drug-likeness (QED) is 0.548. The molecule has 0 unspecified atom stereocenters. The van der Waals surface area contributed by atoms with Crippen molar-refractivity contribution < 1.29 is 4.79 Å². The Morgan fingerprint density at radius 1 is 1.29 bits per heavy atom. The van der Waals surface area contributed by atoms with Crippen molar-refractivity contribution in [2.75, 3.05) is 0 Å². The first kappa shape index (κ1) is 7.32. The van der Waals surface area contributed by atoms with E-state index in [1.807, 2.05) is 6.08 Å².